The van der Waals surface area contributed by atoms with Crippen molar-refractivity contribution in [3.05, 3.63) is 76.3 Å². The van der Waals surface area contributed by atoms with Gasteiger partial charge in [0.15, 0.2) is 5.82 Å². The second-order valence-electron chi connectivity index (χ2n) is 21.9. The first-order valence-corrected chi connectivity index (χ1v) is 26.9. The summed E-state index contributed by atoms with van der Waals surface area (Å²) < 4.78 is 57.9. The number of halogens is 3. The number of nitrogens with zero attached hydrogens (tertiary/aromatic N) is 10. The van der Waals surface area contributed by atoms with E-state index in [0.717, 1.165) is 82.7 Å². The van der Waals surface area contributed by atoms with Gasteiger partial charge in [-0.15, -0.1) is 6.42 Å². The number of pyridine rings is 1. The molecule has 12 rings (SSSR count). The van der Waals surface area contributed by atoms with Crippen molar-refractivity contribution in [3.8, 4) is 35.4 Å². The molecule has 76 heavy (non-hydrogen) atoms. The number of hydrogen-bond acceptors (Lipinski definition) is 14. The van der Waals surface area contributed by atoms with Crippen molar-refractivity contribution in [2.45, 2.75) is 75.2 Å². The summed E-state index contributed by atoms with van der Waals surface area (Å²) in [6.45, 7) is 9.93. The number of carbonyl (C=O) groups excluding carboxylic acids is 2. The lowest BCUT2D eigenvalue weighted by atomic mass is 9.92. The molecule has 3 unspecified atom stereocenters. The van der Waals surface area contributed by atoms with Crippen LogP contribution in [0.5, 0.6) is 11.8 Å². The topological polar surface area (TPSA) is 169 Å². The third kappa shape index (κ3) is 9.60. The van der Waals surface area contributed by atoms with Gasteiger partial charge in [0.2, 0.25) is 11.8 Å². The van der Waals surface area contributed by atoms with Crippen LogP contribution in [0.4, 0.5) is 24.7 Å². The number of aryl methyl sites for hydroxylation is 1. The number of phenols is 1. The molecule has 9 heterocycles. The Bertz CT molecular complexity index is 3340. The number of benzene rings is 3. The van der Waals surface area contributed by atoms with Gasteiger partial charge in [0.05, 0.1) is 22.0 Å². The molecule has 0 radical (unpaired) electrons. The van der Waals surface area contributed by atoms with E-state index < -0.39 is 29.3 Å². The Hall–Kier alpha value is -6.79. The van der Waals surface area contributed by atoms with E-state index in [1.807, 2.05) is 18.2 Å². The summed E-state index contributed by atoms with van der Waals surface area (Å²) in [5.41, 5.74) is 0.857. The largest absolute Gasteiger partial charge is 0.508 e. The van der Waals surface area contributed by atoms with Gasteiger partial charge in [0.1, 0.15) is 46.9 Å². The zero-order chi connectivity index (χ0) is 52.4. The summed E-state index contributed by atoms with van der Waals surface area (Å²) >= 11 is 0. The summed E-state index contributed by atoms with van der Waals surface area (Å²) in [6, 6.07) is 11.3. The number of piperazine rings is 2. The number of likely N-dealkylation sites (tertiary alicyclic amines) is 1. The number of amides is 2. The quantitative estimate of drug-likeness (QED) is 0.109. The molecule has 2 bridgehead atoms. The number of alkyl halides is 1. The predicted octanol–water partition coefficient (Wildman–Crippen LogP) is 5.10. The zero-order valence-electron chi connectivity index (χ0n) is 42.7. The number of rotatable bonds is 12. The van der Waals surface area contributed by atoms with E-state index >= 15 is 13.2 Å². The Morgan fingerprint density at radius 1 is 0.855 bits per heavy atom. The Balaban J connectivity index is 0.634. The molecule has 6 aliphatic rings. The number of anilines is 2. The summed E-state index contributed by atoms with van der Waals surface area (Å²) in [4.78, 5) is 63.2. The molecule has 398 valence electrons. The second kappa shape index (κ2) is 20.3. The standard InChI is InChI=1S/C56H63F3N12O5/c1-3-40-43(57)8-4-35-26-39(72)28-41(48(35)40)50-49(58)51-42(29-60-50)52(70-31-36-5-6-37(32-70)61-36)64-54(63-51)76-25-24-66-18-14-56(59,15-19-66)33-68-22-20-67(21-23-68)30-34-12-16-69(17-13-34)38-7-9-44-46(27-38)65(2)55(75)71(44)45-10-11-47(73)62-53(45)74/h1,4,7-9,26-29,34,36-37,45,61,72H,5-6,10-25,30-33H2,2H3,(H,62,73,74). The molecule has 3 N–H and O–H groups in total. The molecule has 17 nitrogen and oxygen atoms in total. The number of aromatic hydroxyl groups is 1. The predicted molar refractivity (Wildman–Crippen MR) is 283 cm³/mol. The van der Waals surface area contributed by atoms with Crippen molar-refractivity contribution in [2.24, 2.45) is 13.0 Å². The van der Waals surface area contributed by atoms with Gasteiger partial charge in [-0.25, -0.2) is 18.0 Å². The molecule has 6 saturated heterocycles. The second-order valence-corrected chi connectivity index (χ2v) is 21.9. The Labute approximate surface area is 438 Å². The number of carbonyl (C=O) groups is 2. The van der Waals surface area contributed by atoms with Gasteiger partial charge in [0, 0.05) is 133 Å². The van der Waals surface area contributed by atoms with Crippen molar-refractivity contribution in [3.63, 3.8) is 0 Å². The van der Waals surface area contributed by atoms with Gasteiger partial charge in [0.25, 0.3) is 0 Å². The van der Waals surface area contributed by atoms with Crippen LogP contribution in [0.1, 0.15) is 63.0 Å². The molecule has 6 fully saturated rings. The van der Waals surface area contributed by atoms with Crippen LogP contribution in [0.3, 0.4) is 0 Å². The van der Waals surface area contributed by atoms with Crippen molar-refractivity contribution in [2.75, 3.05) is 101 Å². The minimum absolute atomic E-state index is 0.00706. The minimum Gasteiger partial charge on any atom is -0.508 e. The van der Waals surface area contributed by atoms with Crippen molar-refractivity contribution < 1.29 is 32.6 Å². The Morgan fingerprint density at radius 2 is 1.61 bits per heavy atom. The van der Waals surface area contributed by atoms with E-state index in [1.165, 1.54) is 35.0 Å². The molecule has 6 aromatic rings. The summed E-state index contributed by atoms with van der Waals surface area (Å²) in [7, 11) is 1.72. The average Bonchev–Trinajstić information content (AvgIpc) is 3.95. The summed E-state index contributed by atoms with van der Waals surface area (Å²) in [5.74, 6) is 1.14. The smallest absolute Gasteiger partial charge is 0.329 e. The third-order valence-corrected chi connectivity index (χ3v) is 17.1. The molecule has 3 aromatic carbocycles. The van der Waals surface area contributed by atoms with Crippen LogP contribution in [0.25, 0.3) is 44.0 Å². The maximum atomic E-state index is 17.0. The average molecular weight is 1040 g/mol. The van der Waals surface area contributed by atoms with Crippen LogP contribution in [0.2, 0.25) is 0 Å². The molecule has 20 heteroatoms. The lowest BCUT2D eigenvalue weighted by Crippen LogP contribution is -2.54. The van der Waals surface area contributed by atoms with Gasteiger partial charge in [-0.1, -0.05) is 12.0 Å². The van der Waals surface area contributed by atoms with E-state index in [4.69, 9.17) is 16.1 Å². The van der Waals surface area contributed by atoms with Crippen molar-refractivity contribution in [1.82, 2.24) is 49.4 Å². The van der Waals surface area contributed by atoms with Gasteiger partial charge in [-0.3, -0.25) is 38.8 Å². The Morgan fingerprint density at radius 3 is 2.34 bits per heavy atom. The van der Waals surface area contributed by atoms with E-state index in [0.29, 0.717) is 86.6 Å². The van der Waals surface area contributed by atoms with Crippen molar-refractivity contribution in [1.29, 1.82) is 0 Å². The third-order valence-electron chi connectivity index (χ3n) is 17.1. The first kappa shape index (κ1) is 50.1. The lowest BCUT2D eigenvalue weighted by molar-refractivity contribution is -0.135. The number of hydrogen-bond donors (Lipinski definition) is 3. The number of fused-ring (bicyclic) bond motifs is 5. The van der Waals surface area contributed by atoms with Crippen molar-refractivity contribution >= 4 is 56.0 Å². The van der Waals surface area contributed by atoms with Crippen LogP contribution < -0.4 is 30.9 Å². The molecule has 0 spiro atoms. The first-order valence-electron chi connectivity index (χ1n) is 26.9. The molecule has 3 aromatic heterocycles. The molecular weight excluding hydrogens is 978 g/mol. The van der Waals surface area contributed by atoms with Crippen LogP contribution in [-0.4, -0.2) is 165 Å². The van der Waals surface area contributed by atoms with E-state index in [-0.39, 0.29) is 76.2 Å². The first-order chi connectivity index (χ1) is 36.8. The van der Waals surface area contributed by atoms with Gasteiger partial charge in [-0.05, 0) is 92.6 Å². The monoisotopic (exact) mass is 1040 g/mol. The van der Waals surface area contributed by atoms with Crippen LogP contribution in [-0.2, 0) is 16.6 Å². The molecule has 2 amide bonds. The highest BCUT2D eigenvalue weighted by Gasteiger charge is 2.39. The number of nitrogens with one attached hydrogen (secondary N) is 2. The van der Waals surface area contributed by atoms with Crippen LogP contribution in [0, 0.1) is 29.9 Å². The number of ether oxygens (including phenoxy) is 1. The maximum absolute atomic E-state index is 17.0. The fourth-order valence-electron chi connectivity index (χ4n) is 12.9. The summed E-state index contributed by atoms with van der Waals surface area (Å²) in [6.07, 6.45) is 12.8. The van der Waals surface area contributed by atoms with E-state index in [1.54, 1.807) is 11.6 Å². The Kier molecular flexibility index (Phi) is 13.4. The number of imidazole rings is 1. The van der Waals surface area contributed by atoms with Gasteiger partial charge in [-0.2, -0.15) is 9.97 Å². The SMILES string of the molecule is C#Cc1c(F)ccc2cc(O)cc(-c3ncc4c(N5CC6CCC(C5)N6)nc(OCCN5CCC(F)(CN6CCN(CC7CCN(c8ccc9c(c8)n(C)c(=O)n9C8CCC(=O)NC8=O)CC7)CC6)CC5)nc4c3F)c12. The molecule has 3 atom stereocenters. The fourth-order valence-corrected chi connectivity index (χ4v) is 12.9. The normalized spacial score (nSPS) is 23.0. The highest BCUT2D eigenvalue weighted by atomic mass is 19.1. The summed E-state index contributed by atoms with van der Waals surface area (Å²) in [5, 5.41) is 17.8. The van der Waals surface area contributed by atoms with Gasteiger partial charge < -0.3 is 29.9 Å². The number of imide groups is 1. The zero-order valence-corrected chi connectivity index (χ0v) is 42.7. The highest BCUT2D eigenvalue weighted by Crippen LogP contribution is 2.40. The number of piperidine rings is 3. The maximum Gasteiger partial charge on any atom is 0.329 e. The molecule has 0 aliphatic carbocycles. The minimum atomic E-state index is -1.29. The molecule has 0 saturated carbocycles. The fraction of sp³-hybridized carbons (Fsp3) is 0.500. The molecule has 6 aliphatic heterocycles. The van der Waals surface area contributed by atoms with E-state index in [2.05, 4.69) is 51.0 Å². The number of aromatic nitrogens is 5. The molecular formula is C56H63F3N12O5. The van der Waals surface area contributed by atoms with Gasteiger partial charge >= 0.3 is 11.7 Å². The van der Waals surface area contributed by atoms with Crippen LogP contribution >= 0.6 is 0 Å². The highest BCUT2D eigenvalue weighted by molar-refractivity contribution is 6.03. The lowest BCUT2D eigenvalue weighted by Gasteiger charge is -2.43. The number of terminal acetylenes is 1. The van der Waals surface area contributed by atoms with Crippen LogP contribution in [0.15, 0.2) is 53.5 Å². The number of phenolic OH excluding ortho intramolecular Hbond substituents is 1. The van der Waals surface area contributed by atoms with E-state index in [9.17, 15) is 19.5 Å².